The maximum atomic E-state index is 12.0. The van der Waals surface area contributed by atoms with Crippen molar-refractivity contribution >= 4 is 21.8 Å². The molecule has 1 N–H and O–H groups in total. The van der Waals surface area contributed by atoms with Crippen molar-refractivity contribution in [2.75, 3.05) is 6.54 Å². The quantitative estimate of drug-likeness (QED) is 0.791. The Balaban J connectivity index is 1.48. The number of hydrogen-bond donors (Lipinski definition) is 1. The van der Waals surface area contributed by atoms with Gasteiger partial charge in [0, 0.05) is 17.3 Å². The van der Waals surface area contributed by atoms with Crippen molar-refractivity contribution in [1.82, 2.24) is 5.32 Å². The first-order chi connectivity index (χ1) is 7.68. The Hall–Kier alpha value is -0.0500. The molecular weight excluding hydrogens is 266 g/mol. The van der Waals surface area contributed by atoms with Gasteiger partial charge in [0.15, 0.2) is 0 Å². The van der Waals surface area contributed by atoms with E-state index in [0.29, 0.717) is 16.7 Å². The van der Waals surface area contributed by atoms with Crippen molar-refractivity contribution in [3.05, 3.63) is 0 Å². The van der Waals surface area contributed by atoms with Crippen LogP contribution < -0.4 is 5.32 Å². The van der Waals surface area contributed by atoms with E-state index in [4.69, 9.17) is 0 Å². The average Bonchev–Trinajstić information content (AvgIpc) is 2.68. The highest BCUT2D eigenvalue weighted by Gasteiger charge is 2.67. The summed E-state index contributed by atoms with van der Waals surface area (Å²) in [5, 5.41) is 3.10. The third-order valence-corrected chi connectivity index (χ3v) is 5.34. The number of amides is 1. The van der Waals surface area contributed by atoms with E-state index in [9.17, 15) is 4.79 Å². The maximum absolute atomic E-state index is 12.0. The molecule has 3 aliphatic rings. The number of nitrogens with one attached hydrogen (secondary N) is 1. The second kappa shape index (κ2) is 4.01. The highest BCUT2D eigenvalue weighted by molar-refractivity contribution is 9.09. The molecule has 3 heteroatoms. The molecule has 0 saturated heterocycles. The van der Waals surface area contributed by atoms with Crippen LogP contribution in [0.4, 0.5) is 0 Å². The third kappa shape index (κ3) is 1.71. The summed E-state index contributed by atoms with van der Waals surface area (Å²) in [4.78, 5) is 12.5. The molecule has 0 spiro atoms. The Kier molecular flexibility index (Phi) is 2.77. The summed E-state index contributed by atoms with van der Waals surface area (Å²) in [7, 11) is 0. The zero-order valence-electron chi connectivity index (χ0n) is 9.79. The number of rotatable bonds is 4. The van der Waals surface area contributed by atoms with E-state index >= 15 is 0 Å². The predicted octanol–water partition coefficient (Wildman–Crippen LogP) is 2.57. The molecule has 0 aliphatic heterocycles. The van der Waals surface area contributed by atoms with Crippen LogP contribution in [0.25, 0.3) is 0 Å². The van der Waals surface area contributed by atoms with Crippen LogP contribution in [0.1, 0.15) is 32.6 Å². The molecule has 0 aromatic carbocycles. The predicted molar refractivity (Wildman–Crippen MR) is 67.3 cm³/mol. The number of alkyl halides is 1. The zero-order valence-corrected chi connectivity index (χ0v) is 11.4. The molecule has 3 fully saturated rings. The van der Waals surface area contributed by atoms with Gasteiger partial charge in [0.1, 0.15) is 0 Å². The van der Waals surface area contributed by atoms with Crippen LogP contribution >= 0.6 is 15.9 Å². The molecule has 0 aromatic heterocycles. The molecule has 5 unspecified atom stereocenters. The van der Waals surface area contributed by atoms with E-state index in [-0.39, 0.29) is 0 Å². The number of hydrogen-bond acceptors (Lipinski definition) is 1. The lowest BCUT2D eigenvalue weighted by molar-refractivity contribution is -0.123. The molecule has 3 aliphatic carbocycles. The Morgan fingerprint density at radius 2 is 2.00 bits per heavy atom. The van der Waals surface area contributed by atoms with Gasteiger partial charge in [-0.25, -0.2) is 0 Å². The smallest absolute Gasteiger partial charge is 0.223 e. The minimum Gasteiger partial charge on any atom is -0.356 e. The van der Waals surface area contributed by atoms with Crippen LogP contribution in [0.15, 0.2) is 0 Å². The SMILES string of the molecule is CC(Br)CCNC(=O)C1C2C3CCC(C3)C12. The monoisotopic (exact) mass is 285 g/mol. The van der Waals surface area contributed by atoms with Crippen molar-refractivity contribution in [1.29, 1.82) is 0 Å². The van der Waals surface area contributed by atoms with Crippen LogP contribution in [0, 0.1) is 29.6 Å². The number of carbonyl (C=O) groups is 1. The van der Waals surface area contributed by atoms with Gasteiger partial charge in [0.2, 0.25) is 5.91 Å². The largest absolute Gasteiger partial charge is 0.356 e. The molecule has 1 amide bonds. The summed E-state index contributed by atoms with van der Waals surface area (Å²) in [6, 6.07) is 0. The van der Waals surface area contributed by atoms with Gasteiger partial charge in [-0.3, -0.25) is 4.79 Å². The standard InChI is InChI=1S/C13H20BrNO/c1-7(14)4-5-15-13(16)12-10-8-2-3-9(6-8)11(10)12/h7-12H,2-6H2,1H3,(H,15,16). The first kappa shape index (κ1) is 11.1. The van der Waals surface area contributed by atoms with Crippen molar-refractivity contribution in [3.63, 3.8) is 0 Å². The zero-order chi connectivity index (χ0) is 11.3. The molecular formula is C13H20BrNO. The van der Waals surface area contributed by atoms with Crippen LogP contribution in [0.5, 0.6) is 0 Å². The average molecular weight is 286 g/mol. The van der Waals surface area contributed by atoms with E-state index < -0.39 is 0 Å². The molecule has 2 nitrogen and oxygen atoms in total. The Morgan fingerprint density at radius 3 is 2.56 bits per heavy atom. The molecule has 0 heterocycles. The van der Waals surface area contributed by atoms with Crippen LogP contribution in [0.3, 0.4) is 0 Å². The molecule has 0 radical (unpaired) electrons. The van der Waals surface area contributed by atoms with E-state index in [1.165, 1.54) is 19.3 Å². The fourth-order valence-corrected chi connectivity index (χ4v) is 4.42. The fourth-order valence-electron chi connectivity index (χ4n) is 4.19. The molecule has 0 aromatic rings. The lowest BCUT2D eigenvalue weighted by Crippen LogP contribution is -2.29. The highest BCUT2D eigenvalue weighted by atomic mass is 79.9. The summed E-state index contributed by atoms with van der Waals surface area (Å²) in [5.41, 5.74) is 0. The number of fused-ring (bicyclic) bond motifs is 5. The summed E-state index contributed by atoms with van der Waals surface area (Å²) in [5.74, 6) is 4.11. The minimum atomic E-state index is 0.347. The van der Waals surface area contributed by atoms with Gasteiger partial charge in [0.05, 0.1) is 0 Å². The summed E-state index contributed by atoms with van der Waals surface area (Å²) in [6.07, 6.45) is 5.25. The van der Waals surface area contributed by atoms with E-state index in [2.05, 4.69) is 28.2 Å². The van der Waals surface area contributed by atoms with Crippen molar-refractivity contribution in [3.8, 4) is 0 Å². The van der Waals surface area contributed by atoms with E-state index in [1.807, 2.05) is 0 Å². The van der Waals surface area contributed by atoms with Crippen LogP contribution in [-0.2, 0) is 4.79 Å². The van der Waals surface area contributed by atoms with Gasteiger partial charge in [-0.15, -0.1) is 0 Å². The van der Waals surface area contributed by atoms with Crippen LogP contribution in [0.2, 0.25) is 0 Å². The van der Waals surface area contributed by atoms with Gasteiger partial charge >= 0.3 is 0 Å². The van der Waals surface area contributed by atoms with Gasteiger partial charge in [-0.05, 0) is 49.4 Å². The van der Waals surface area contributed by atoms with Gasteiger partial charge in [0.25, 0.3) is 0 Å². The van der Waals surface area contributed by atoms with Gasteiger partial charge in [-0.2, -0.15) is 0 Å². The summed E-state index contributed by atoms with van der Waals surface area (Å²) in [6.45, 7) is 2.95. The Labute approximate surface area is 106 Å². The van der Waals surface area contributed by atoms with Crippen molar-refractivity contribution in [2.24, 2.45) is 29.6 Å². The number of carbonyl (C=O) groups excluding carboxylic acids is 1. The minimum absolute atomic E-state index is 0.347. The molecule has 3 saturated carbocycles. The highest BCUT2D eigenvalue weighted by Crippen LogP contribution is 2.69. The van der Waals surface area contributed by atoms with Crippen molar-refractivity contribution < 1.29 is 4.79 Å². The molecule has 5 atom stereocenters. The van der Waals surface area contributed by atoms with Gasteiger partial charge in [-0.1, -0.05) is 22.9 Å². The first-order valence-electron chi connectivity index (χ1n) is 6.60. The van der Waals surface area contributed by atoms with E-state index in [1.54, 1.807) is 0 Å². The topological polar surface area (TPSA) is 29.1 Å². The molecule has 2 bridgehead atoms. The fraction of sp³-hybridized carbons (Fsp3) is 0.923. The third-order valence-electron chi connectivity index (χ3n) is 4.88. The van der Waals surface area contributed by atoms with Crippen LogP contribution in [-0.4, -0.2) is 17.3 Å². The number of halogens is 1. The van der Waals surface area contributed by atoms with Crippen molar-refractivity contribution in [2.45, 2.75) is 37.4 Å². The first-order valence-corrected chi connectivity index (χ1v) is 7.52. The second-order valence-electron chi connectivity index (χ2n) is 5.87. The summed E-state index contributed by atoms with van der Waals surface area (Å²) < 4.78 is 0. The molecule has 16 heavy (non-hydrogen) atoms. The normalized spacial score (nSPS) is 45.2. The lowest BCUT2D eigenvalue weighted by Gasteiger charge is -2.10. The Bertz CT molecular complexity index is 288. The van der Waals surface area contributed by atoms with Gasteiger partial charge < -0.3 is 5.32 Å². The summed E-state index contributed by atoms with van der Waals surface area (Å²) >= 11 is 3.50. The lowest BCUT2D eigenvalue weighted by atomic mass is 10.0. The Morgan fingerprint density at radius 1 is 1.38 bits per heavy atom. The maximum Gasteiger partial charge on any atom is 0.223 e. The second-order valence-corrected chi connectivity index (χ2v) is 7.44. The van der Waals surface area contributed by atoms with E-state index in [0.717, 1.165) is 36.6 Å². The molecule has 90 valence electrons. The molecule has 3 rings (SSSR count).